The molecule has 1 N–H and O–H groups in total. The maximum Gasteiger partial charge on any atom is 0.258 e. The minimum atomic E-state index is -3.65. The Labute approximate surface area is 195 Å². The topological polar surface area (TPSA) is 75.7 Å². The van der Waals surface area contributed by atoms with Crippen LogP contribution in [0.2, 0.25) is 0 Å². The number of methoxy groups -OCH3 is 1. The van der Waals surface area contributed by atoms with E-state index in [4.69, 9.17) is 4.74 Å². The Bertz CT molecular complexity index is 1300. The van der Waals surface area contributed by atoms with E-state index in [1.165, 1.54) is 0 Å². The first-order valence-corrected chi connectivity index (χ1v) is 12.3. The smallest absolute Gasteiger partial charge is 0.258 e. The van der Waals surface area contributed by atoms with Crippen LogP contribution in [0.25, 0.3) is 0 Å². The fraction of sp³-hybridized carbons (Fsp3) is 0.269. The highest BCUT2D eigenvalue weighted by molar-refractivity contribution is 7.89. The first-order valence-electron chi connectivity index (χ1n) is 10.9. The lowest BCUT2D eigenvalue weighted by atomic mass is 10.1. The quantitative estimate of drug-likeness (QED) is 0.587. The normalized spacial score (nSPS) is 15.4. The van der Waals surface area contributed by atoms with Gasteiger partial charge in [-0.2, -0.15) is 0 Å². The molecule has 0 saturated heterocycles. The van der Waals surface area contributed by atoms with E-state index < -0.39 is 10.0 Å². The molecule has 4 rings (SSSR count). The average Bonchev–Trinajstić information content (AvgIpc) is 3.12. The molecule has 1 atom stereocenters. The first kappa shape index (κ1) is 23.0. The number of rotatable bonds is 6. The fourth-order valence-electron chi connectivity index (χ4n) is 4.30. The number of hydrogen-bond acceptors (Lipinski definition) is 4. The van der Waals surface area contributed by atoms with Crippen molar-refractivity contribution in [2.24, 2.45) is 0 Å². The molecular weight excluding hydrogens is 436 g/mol. The van der Waals surface area contributed by atoms with E-state index in [2.05, 4.69) is 4.72 Å². The summed E-state index contributed by atoms with van der Waals surface area (Å²) in [5, 5.41) is 0. The Morgan fingerprint density at radius 2 is 1.79 bits per heavy atom. The van der Waals surface area contributed by atoms with Gasteiger partial charge in [-0.1, -0.05) is 29.8 Å². The second kappa shape index (κ2) is 9.00. The average molecular weight is 465 g/mol. The van der Waals surface area contributed by atoms with Crippen LogP contribution in [0.5, 0.6) is 5.75 Å². The summed E-state index contributed by atoms with van der Waals surface area (Å²) < 4.78 is 33.6. The van der Waals surface area contributed by atoms with Crippen LogP contribution in [0.3, 0.4) is 0 Å². The lowest BCUT2D eigenvalue weighted by Crippen LogP contribution is -2.35. The predicted molar refractivity (Wildman–Crippen MR) is 129 cm³/mol. The van der Waals surface area contributed by atoms with Gasteiger partial charge in [0.1, 0.15) is 5.75 Å². The molecule has 0 aromatic heterocycles. The zero-order valence-corrected chi connectivity index (χ0v) is 20.1. The summed E-state index contributed by atoms with van der Waals surface area (Å²) in [6.07, 6.45) is 0.756. The third-order valence-corrected chi connectivity index (χ3v) is 7.57. The van der Waals surface area contributed by atoms with Gasteiger partial charge in [-0.3, -0.25) is 4.79 Å². The van der Waals surface area contributed by atoms with Gasteiger partial charge in [0.25, 0.3) is 5.91 Å². The van der Waals surface area contributed by atoms with E-state index in [9.17, 15) is 13.2 Å². The number of nitrogens with one attached hydrogen (secondary N) is 1. The third kappa shape index (κ3) is 4.65. The Kier molecular flexibility index (Phi) is 6.28. The highest BCUT2D eigenvalue weighted by atomic mass is 32.2. The predicted octanol–water partition coefficient (Wildman–Crippen LogP) is 4.38. The molecule has 1 aliphatic heterocycles. The van der Waals surface area contributed by atoms with Crippen molar-refractivity contribution in [3.05, 3.63) is 88.5 Å². The van der Waals surface area contributed by atoms with Crippen molar-refractivity contribution < 1.29 is 17.9 Å². The van der Waals surface area contributed by atoms with Crippen LogP contribution >= 0.6 is 0 Å². The highest BCUT2D eigenvalue weighted by Crippen LogP contribution is 2.34. The zero-order chi connectivity index (χ0) is 23.8. The van der Waals surface area contributed by atoms with Gasteiger partial charge in [0.05, 0.1) is 12.0 Å². The van der Waals surface area contributed by atoms with Gasteiger partial charge in [0.2, 0.25) is 10.0 Å². The van der Waals surface area contributed by atoms with Crippen LogP contribution in [0.1, 0.15) is 39.5 Å². The fourth-order valence-corrected chi connectivity index (χ4v) is 5.54. The zero-order valence-electron chi connectivity index (χ0n) is 19.3. The van der Waals surface area contributed by atoms with Crippen LogP contribution in [0.4, 0.5) is 5.69 Å². The van der Waals surface area contributed by atoms with Crippen LogP contribution in [0.15, 0.2) is 65.6 Å². The number of amides is 1. The molecule has 1 heterocycles. The number of fused-ring (bicyclic) bond motifs is 1. The number of aryl methyl sites for hydroxylation is 2. The lowest BCUT2D eigenvalue weighted by Gasteiger charge is -2.23. The van der Waals surface area contributed by atoms with Crippen molar-refractivity contribution in [3.8, 4) is 5.75 Å². The van der Waals surface area contributed by atoms with Crippen molar-refractivity contribution in [1.29, 1.82) is 0 Å². The van der Waals surface area contributed by atoms with E-state index in [0.717, 1.165) is 28.8 Å². The van der Waals surface area contributed by atoms with Crippen LogP contribution < -0.4 is 14.4 Å². The van der Waals surface area contributed by atoms with E-state index in [1.54, 1.807) is 55.3 Å². The molecule has 33 heavy (non-hydrogen) atoms. The Morgan fingerprint density at radius 1 is 1.06 bits per heavy atom. The summed E-state index contributed by atoms with van der Waals surface area (Å²) in [4.78, 5) is 15.3. The van der Waals surface area contributed by atoms with Gasteiger partial charge in [-0.25, -0.2) is 13.1 Å². The van der Waals surface area contributed by atoms with Crippen molar-refractivity contribution in [2.45, 2.75) is 44.7 Å². The maximum absolute atomic E-state index is 13.3. The van der Waals surface area contributed by atoms with Gasteiger partial charge in [0, 0.05) is 23.8 Å². The molecule has 0 aliphatic carbocycles. The standard InChI is InChI=1S/C26H28N2O4S/c1-17-5-12-25(18(2)13-17)33(30,31)27-16-20-6-7-22-14-19(3)28(24(22)15-20)26(29)21-8-10-23(32-4)11-9-21/h5-13,15,19,27H,14,16H2,1-4H3. The summed E-state index contributed by atoms with van der Waals surface area (Å²) in [6, 6.07) is 18.1. The van der Waals surface area contributed by atoms with Gasteiger partial charge in [0.15, 0.2) is 0 Å². The summed E-state index contributed by atoms with van der Waals surface area (Å²) in [6.45, 7) is 5.88. The van der Waals surface area contributed by atoms with E-state index in [-0.39, 0.29) is 23.4 Å². The summed E-state index contributed by atoms with van der Waals surface area (Å²) in [5.74, 6) is 0.608. The molecule has 172 valence electrons. The molecule has 7 heteroatoms. The molecule has 1 aliphatic rings. The van der Waals surface area contributed by atoms with Gasteiger partial charge >= 0.3 is 0 Å². The van der Waals surface area contributed by atoms with Crippen molar-refractivity contribution in [1.82, 2.24) is 4.72 Å². The van der Waals surface area contributed by atoms with Crippen molar-refractivity contribution in [3.63, 3.8) is 0 Å². The number of anilines is 1. The molecule has 1 amide bonds. The van der Waals surface area contributed by atoms with E-state index >= 15 is 0 Å². The van der Waals surface area contributed by atoms with Gasteiger partial charge in [-0.05, 0) is 80.3 Å². The number of hydrogen-bond donors (Lipinski definition) is 1. The molecule has 3 aromatic rings. The first-order chi connectivity index (χ1) is 15.7. The molecule has 1 unspecified atom stereocenters. The molecular formula is C26H28N2O4S. The molecule has 0 fully saturated rings. The second-order valence-corrected chi connectivity index (χ2v) is 10.2. The highest BCUT2D eigenvalue weighted by Gasteiger charge is 2.32. The molecule has 0 radical (unpaired) electrons. The molecule has 6 nitrogen and oxygen atoms in total. The SMILES string of the molecule is COc1ccc(C(=O)N2c3cc(CNS(=O)(=O)c4ccc(C)cc4C)ccc3CC2C)cc1. The number of carbonyl (C=O) groups excluding carboxylic acids is 1. The van der Waals surface area contributed by atoms with Crippen LogP contribution in [-0.2, 0) is 23.0 Å². The van der Waals surface area contributed by atoms with Gasteiger partial charge in [-0.15, -0.1) is 0 Å². The van der Waals surface area contributed by atoms with Crippen LogP contribution in [-0.4, -0.2) is 27.5 Å². The lowest BCUT2D eigenvalue weighted by molar-refractivity contribution is 0.0981. The third-order valence-electron chi connectivity index (χ3n) is 6.01. The number of ether oxygens (including phenoxy) is 1. The van der Waals surface area contributed by atoms with Crippen molar-refractivity contribution in [2.75, 3.05) is 12.0 Å². The number of benzene rings is 3. The summed E-state index contributed by atoms with van der Waals surface area (Å²) in [5.41, 5.74) is 5.00. The Morgan fingerprint density at radius 3 is 2.45 bits per heavy atom. The monoisotopic (exact) mass is 464 g/mol. The summed E-state index contributed by atoms with van der Waals surface area (Å²) >= 11 is 0. The molecule has 0 bridgehead atoms. The van der Waals surface area contributed by atoms with Gasteiger partial charge < -0.3 is 9.64 Å². The minimum absolute atomic E-state index is 0.0109. The minimum Gasteiger partial charge on any atom is -0.497 e. The molecule has 0 saturated carbocycles. The van der Waals surface area contributed by atoms with Crippen molar-refractivity contribution >= 4 is 21.6 Å². The molecule has 3 aromatic carbocycles. The molecule has 0 spiro atoms. The largest absolute Gasteiger partial charge is 0.497 e. The number of nitrogens with zero attached hydrogens (tertiary/aromatic N) is 1. The second-order valence-electron chi connectivity index (χ2n) is 8.51. The maximum atomic E-state index is 13.3. The van der Waals surface area contributed by atoms with E-state index in [1.807, 2.05) is 38.1 Å². The summed E-state index contributed by atoms with van der Waals surface area (Å²) in [7, 11) is -2.06. The Hall–Kier alpha value is -3.16. The number of sulfonamides is 1. The number of carbonyl (C=O) groups is 1. The Balaban J connectivity index is 1.56. The van der Waals surface area contributed by atoms with Crippen LogP contribution in [0, 0.1) is 13.8 Å². The van der Waals surface area contributed by atoms with E-state index in [0.29, 0.717) is 16.9 Å².